The molecule has 2 saturated heterocycles. The van der Waals surface area contributed by atoms with E-state index in [0.29, 0.717) is 29.1 Å². The first-order valence-electron chi connectivity index (χ1n) is 14.7. The minimum Gasteiger partial charge on any atom is -0.369 e. The van der Waals surface area contributed by atoms with Crippen LogP contribution < -0.4 is 4.72 Å². The van der Waals surface area contributed by atoms with E-state index in [4.69, 9.17) is 4.74 Å². The van der Waals surface area contributed by atoms with Gasteiger partial charge in [0.2, 0.25) is 10.0 Å². The third-order valence-corrected chi connectivity index (χ3v) is 12.9. The van der Waals surface area contributed by atoms with E-state index in [-0.39, 0.29) is 23.8 Å². The van der Waals surface area contributed by atoms with Gasteiger partial charge in [-0.05, 0) is 106 Å². The highest BCUT2D eigenvalue weighted by atomic mass is 32.2. The van der Waals surface area contributed by atoms with Gasteiger partial charge in [-0.25, -0.2) is 13.1 Å². The molecule has 0 aromatic rings. The quantitative estimate of drug-likeness (QED) is 0.494. The highest BCUT2D eigenvalue weighted by Crippen LogP contribution is 2.65. The van der Waals surface area contributed by atoms with Crippen LogP contribution in [-0.4, -0.2) is 55.3 Å². The molecule has 204 valence electrons. The number of nitrogens with one attached hydrogen (secondary N) is 1. The molecule has 0 radical (unpaired) electrons. The Morgan fingerprint density at radius 1 is 1.11 bits per heavy atom. The van der Waals surface area contributed by atoms with Gasteiger partial charge in [-0.3, -0.25) is 0 Å². The standard InChI is InChI=1S/C29H48N2O4S/c1-17-12-26-27(31(32)16-17)19(3)29(35-26)11-9-22-23-7-6-20-13-21(30-36(5,33)34)8-10-28(20,4)25(23)14-24(22)18(2)15-29/h17,19-23,25-27,30,32H,6-16H2,1-5H3/t17-,19+,20+,21+,22-,23-,25-,26+,27?,28-,29-/m0/s1. The number of hydrogen-bond acceptors (Lipinski definition) is 5. The van der Waals surface area contributed by atoms with Crippen LogP contribution >= 0.6 is 0 Å². The Morgan fingerprint density at radius 2 is 1.89 bits per heavy atom. The Balaban J connectivity index is 1.23. The summed E-state index contributed by atoms with van der Waals surface area (Å²) in [7, 11) is -3.15. The maximum Gasteiger partial charge on any atom is 0.208 e. The molecule has 1 spiro atoms. The normalized spacial score (nSPS) is 51.4. The molecule has 0 aromatic heterocycles. The molecule has 3 saturated carbocycles. The maximum atomic E-state index is 11.9. The minimum atomic E-state index is -3.15. The summed E-state index contributed by atoms with van der Waals surface area (Å²) in [5, 5.41) is 12.4. The van der Waals surface area contributed by atoms with Gasteiger partial charge in [0.15, 0.2) is 0 Å². The number of sulfonamides is 1. The average Bonchev–Trinajstić information content (AvgIpc) is 3.23. The Kier molecular flexibility index (Phi) is 6.28. The second-order valence-electron chi connectivity index (χ2n) is 14.2. The molecule has 5 fully saturated rings. The summed E-state index contributed by atoms with van der Waals surface area (Å²) < 4.78 is 33.6. The van der Waals surface area contributed by atoms with Gasteiger partial charge in [0.1, 0.15) is 0 Å². The Morgan fingerprint density at radius 3 is 2.64 bits per heavy atom. The molecule has 0 bridgehead atoms. The van der Waals surface area contributed by atoms with E-state index in [9.17, 15) is 13.6 Å². The number of ether oxygens (including phenoxy) is 1. The Bertz CT molecular complexity index is 1030. The lowest BCUT2D eigenvalue weighted by atomic mass is 9.52. The third-order valence-electron chi connectivity index (χ3n) is 12.1. The van der Waals surface area contributed by atoms with E-state index in [2.05, 4.69) is 32.4 Å². The highest BCUT2D eigenvalue weighted by Gasteiger charge is 2.60. The lowest BCUT2D eigenvalue weighted by Crippen LogP contribution is -2.50. The van der Waals surface area contributed by atoms with Gasteiger partial charge in [-0.15, -0.1) is 0 Å². The lowest BCUT2D eigenvalue weighted by Gasteiger charge is -2.54. The molecule has 0 amide bonds. The summed E-state index contributed by atoms with van der Waals surface area (Å²) in [6, 6.07) is 0.246. The summed E-state index contributed by atoms with van der Waals surface area (Å²) in [5.41, 5.74) is 3.51. The summed E-state index contributed by atoms with van der Waals surface area (Å²) in [4.78, 5) is 0. The SMILES string of the molecule is CC1=C2C[C@H]3[C@@H](CC[C@@H]4C[C@H](NS(C)(=O)=O)CC[C@@]43C)[C@@H]2CC[C@@]2(C1)O[C@@H]1C[C@H](C)CN(O)C1[C@H]2C. The predicted octanol–water partition coefficient (Wildman–Crippen LogP) is 5.13. The fourth-order valence-corrected chi connectivity index (χ4v) is 11.3. The average molecular weight is 521 g/mol. The van der Waals surface area contributed by atoms with Gasteiger partial charge in [-0.2, -0.15) is 5.06 Å². The van der Waals surface area contributed by atoms with Crippen molar-refractivity contribution < 1.29 is 18.4 Å². The second-order valence-corrected chi connectivity index (χ2v) is 16.0. The Labute approximate surface area is 218 Å². The van der Waals surface area contributed by atoms with Crippen molar-refractivity contribution in [3.63, 3.8) is 0 Å². The highest BCUT2D eigenvalue weighted by molar-refractivity contribution is 7.88. The zero-order valence-electron chi connectivity index (χ0n) is 23.0. The van der Waals surface area contributed by atoms with Crippen LogP contribution in [0.4, 0.5) is 0 Å². The van der Waals surface area contributed by atoms with Crippen molar-refractivity contribution in [1.82, 2.24) is 9.79 Å². The van der Waals surface area contributed by atoms with E-state index in [0.717, 1.165) is 56.9 Å². The topological polar surface area (TPSA) is 78.9 Å². The summed E-state index contributed by atoms with van der Waals surface area (Å²) >= 11 is 0. The number of hydrogen-bond donors (Lipinski definition) is 2. The van der Waals surface area contributed by atoms with Gasteiger partial charge >= 0.3 is 0 Å². The zero-order valence-corrected chi connectivity index (χ0v) is 23.8. The fourth-order valence-electron chi connectivity index (χ4n) is 10.4. The van der Waals surface area contributed by atoms with Crippen molar-refractivity contribution in [1.29, 1.82) is 0 Å². The first-order chi connectivity index (χ1) is 16.9. The van der Waals surface area contributed by atoms with Gasteiger partial charge in [0.25, 0.3) is 0 Å². The van der Waals surface area contributed by atoms with Crippen LogP contribution in [0.5, 0.6) is 0 Å². The van der Waals surface area contributed by atoms with Crippen molar-refractivity contribution >= 4 is 10.0 Å². The Hall–Kier alpha value is -0.470. The smallest absolute Gasteiger partial charge is 0.208 e. The molecule has 4 aliphatic carbocycles. The molecule has 7 heteroatoms. The fraction of sp³-hybridized carbons (Fsp3) is 0.931. The van der Waals surface area contributed by atoms with Crippen LogP contribution in [0.15, 0.2) is 11.1 Å². The number of hydroxylamine groups is 2. The number of fused-ring (bicyclic) bond motifs is 6. The molecule has 6 nitrogen and oxygen atoms in total. The molecule has 11 atom stereocenters. The first kappa shape index (κ1) is 25.8. The first-order valence-corrected chi connectivity index (χ1v) is 16.6. The van der Waals surface area contributed by atoms with E-state index < -0.39 is 10.0 Å². The van der Waals surface area contributed by atoms with Crippen molar-refractivity contribution in [3.05, 3.63) is 11.1 Å². The van der Waals surface area contributed by atoms with Crippen molar-refractivity contribution in [2.45, 2.75) is 116 Å². The summed E-state index contributed by atoms with van der Waals surface area (Å²) in [6.07, 6.45) is 12.7. The third kappa shape index (κ3) is 4.06. The zero-order chi connectivity index (χ0) is 25.6. The predicted molar refractivity (Wildman–Crippen MR) is 141 cm³/mol. The van der Waals surface area contributed by atoms with E-state index >= 15 is 0 Å². The van der Waals surface area contributed by atoms with Crippen LogP contribution in [0.3, 0.4) is 0 Å². The largest absolute Gasteiger partial charge is 0.369 e. The van der Waals surface area contributed by atoms with Gasteiger partial charge in [-0.1, -0.05) is 31.9 Å². The number of nitrogens with zero attached hydrogens (tertiary/aromatic N) is 1. The number of rotatable bonds is 2. The summed E-state index contributed by atoms with van der Waals surface area (Å²) in [6.45, 7) is 10.2. The molecule has 1 unspecified atom stereocenters. The van der Waals surface area contributed by atoms with Gasteiger partial charge < -0.3 is 9.94 Å². The minimum absolute atomic E-state index is 0.112. The van der Waals surface area contributed by atoms with Crippen LogP contribution in [0, 0.1) is 40.9 Å². The van der Waals surface area contributed by atoms with Gasteiger partial charge in [0, 0.05) is 18.5 Å². The molecule has 0 aromatic carbocycles. The molecule has 2 heterocycles. The molecular weight excluding hydrogens is 472 g/mol. The van der Waals surface area contributed by atoms with Crippen molar-refractivity contribution in [3.8, 4) is 0 Å². The molecule has 6 aliphatic rings. The van der Waals surface area contributed by atoms with E-state index in [1.165, 1.54) is 31.9 Å². The van der Waals surface area contributed by atoms with Crippen molar-refractivity contribution in [2.24, 2.45) is 40.9 Å². The molecule has 6 rings (SSSR count). The monoisotopic (exact) mass is 520 g/mol. The molecule has 2 aliphatic heterocycles. The van der Waals surface area contributed by atoms with E-state index in [1.54, 1.807) is 16.2 Å². The second kappa shape index (κ2) is 8.77. The van der Waals surface area contributed by atoms with Crippen LogP contribution in [0.25, 0.3) is 0 Å². The van der Waals surface area contributed by atoms with Gasteiger partial charge in [0.05, 0.1) is 24.0 Å². The number of piperidine rings is 1. The molecule has 2 N–H and O–H groups in total. The van der Waals surface area contributed by atoms with Crippen LogP contribution in [0.1, 0.15) is 91.9 Å². The van der Waals surface area contributed by atoms with Crippen molar-refractivity contribution in [2.75, 3.05) is 12.8 Å². The molecule has 36 heavy (non-hydrogen) atoms. The molecular formula is C29H48N2O4S. The lowest BCUT2D eigenvalue weighted by molar-refractivity contribution is -0.178. The van der Waals surface area contributed by atoms with Crippen LogP contribution in [-0.2, 0) is 14.8 Å². The maximum absolute atomic E-state index is 11.9. The van der Waals surface area contributed by atoms with E-state index in [1.807, 2.05) is 0 Å². The van der Waals surface area contributed by atoms with Crippen LogP contribution in [0.2, 0.25) is 0 Å². The number of allylic oxidation sites excluding steroid dienone is 1. The summed E-state index contributed by atoms with van der Waals surface area (Å²) in [5.74, 6) is 3.62.